The summed E-state index contributed by atoms with van der Waals surface area (Å²) in [5, 5.41) is 7.35. The number of hydrogen-bond acceptors (Lipinski definition) is 4. The van der Waals surface area contributed by atoms with Gasteiger partial charge in [-0.05, 0) is 43.7 Å². The number of carbonyl (C=O) groups is 2. The zero-order valence-corrected chi connectivity index (χ0v) is 16.7. The molecule has 5 rings (SSSR count). The van der Waals surface area contributed by atoms with Gasteiger partial charge in [0.05, 0.1) is 12.8 Å². The summed E-state index contributed by atoms with van der Waals surface area (Å²) in [5.41, 5.74) is 0.915. The molecule has 6 nitrogen and oxygen atoms in total. The molecule has 3 aliphatic carbocycles. The number of nitrogens with one attached hydrogen (secondary N) is 1. The summed E-state index contributed by atoms with van der Waals surface area (Å²) in [6.07, 6.45) is 5.38. The quantitative estimate of drug-likeness (QED) is 0.777. The number of benzene rings is 1. The average molecular weight is 415 g/mol. The van der Waals surface area contributed by atoms with Crippen LogP contribution in [0.3, 0.4) is 0 Å². The van der Waals surface area contributed by atoms with Crippen molar-refractivity contribution in [2.24, 2.45) is 5.92 Å². The Morgan fingerprint density at radius 2 is 2.00 bits per heavy atom. The van der Waals surface area contributed by atoms with Gasteiger partial charge in [-0.25, -0.2) is 18.3 Å². The van der Waals surface area contributed by atoms with E-state index in [1.165, 1.54) is 23.9 Å². The summed E-state index contributed by atoms with van der Waals surface area (Å²) < 4.78 is 34.3. The SMILES string of the molecule is COC(=O)C1(NC(=O)c2nn(-c3ccc(F)cc3F)c3c2C[C@@H]2C[C@H]32)CCCCC1. The first-order chi connectivity index (χ1) is 14.4. The highest BCUT2D eigenvalue weighted by Gasteiger charge is 2.51. The van der Waals surface area contributed by atoms with Gasteiger partial charge in [-0.1, -0.05) is 19.3 Å². The van der Waals surface area contributed by atoms with Gasteiger partial charge in [0, 0.05) is 17.5 Å². The Morgan fingerprint density at radius 1 is 1.23 bits per heavy atom. The van der Waals surface area contributed by atoms with Crippen LogP contribution in [0.5, 0.6) is 0 Å². The fourth-order valence-electron chi connectivity index (χ4n) is 5.14. The minimum Gasteiger partial charge on any atom is -0.467 e. The van der Waals surface area contributed by atoms with Crippen LogP contribution < -0.4 is 5.32 Å². The third-order valence-electron chi connectivity index (χ3n) is 6.75. The van der Waals surface area contributed by atoms with Crippen LogP contribution in [0.2, 0.25) is 0 Å². The van der Waals surface area contributed by atoms with Crippen molar-refractivity contribution in [3.8, 4) is 5.69 Å². The molecule has 158 valence electrons. The summed E-state index contributed by atoms with van der Waals surface area (Å²) in [6, 6.07) is 3.34. The third kappa shape index (κ3) is 2.92. The number of aromatic nitrogens is 2. The van der Waals surface area contributed by atoms with Crippen LogP contribution in [0.4, 0.5) is 8.78 Å². The highest BCUT2D eigenvalue weighted by atomic mass is 19.1. The Bertz CT molecular complexity index is 1040. The van der Waals surface area contributed by atoms with Crippen LogP contribution in [0.25, 0.3) is 5.69 Å². The number of carbonyl (C=O) groups excluding carboxylic acids is 2. The Balaban J connectivity index is 1.53. The smallest absolute Gasteiger partial charge is 0.331 e. The van der Waals surface area contributed by atoms with Crippen molar-refractivity contribution in [2.45, 2.75) is 56.4 Å². The maximum absolute atomic E-state index is 14.5. The summed E-state index contributed by atoms with van der Waals surface area (Å²) in [6.45, 7) is 0. The molecule has 0 saturated heterocycles. The van der Waals surface area contributed by atoms with E-state index < -0.39 is 29.0 Å². The Kier molecular flexibility index (Phi) is 4.41. The average Bonchev–Trinajstić information content (AvgIpc) is 3.24. The van der Waals surface area contributed by atoms with E-state index in [9.17, 15) is 18.4 Å². The number of halogens is 2. The zero-order valence-electron chi connectivity index (χ0n) is 16.7. The van der Waals surface area contributed by atoms with Crippen LogP contribution >= 0.6 is 0 Å². The molecular weight excluding hydrogens is 392 g/mol. The van der Waals surface area contributed by atoms with Crippen molar-refractivity contribution < 1.29 is 23.1 Å². The highest BCUT2D eigenvalue weighted by Crippen LogP contribution is 2.57. The van der Waals surface area contributed by atoms with Crippen LogP contribution in [-0.2, 0) is 16.0 Å². The van der Waals surface area contributed by atoms with Gasteiger partial charge in [0.15, 0.2) is 11.5 Å². The van der Waals surface area contributed by atoms with E-state index in [-0.39, 0.29) is 17.3 Å². The highest BCUT2D eigenvalue weighted by molar-refractivity contribution is 5.98. The first kappa shape index (κ1) is 19.2. The number of amides is 1. The van der Waals surface area contributed by atoms with E-state index in [0.717, 1.165) is 43.0 Å². The molecule has 1 heterocycles. The molecule has 0 aliphatic heterocycles. The molecule has 0 spiro atoms. The van der Waals surface area contributed by atoms with Crippen LogP contribution in [-0.4, -0.2) is 34.3 Å². The van der Waals surface area contributed by atoms with E-state index in [2.05, 4.69) is 10.4 Å². The van der Waals surface area contributed by atoms with Crippen LogP contribution in [0.15, 0.2) is 18.2 Å². The zero-order chi connectivity index (χ0) is 21.0. The number of nitrogens with zero attached hydrogens (tertiary/aromatic N) is 2. The van der Waals surface area contributed by atoms with Gasteiger partial charge in [0.1, 0.15) is 17.0 Å². The van der Waals surface area contributed by atoms with E-state index in [0.29, 0.717) is 25.2 Å². The molecule has 2 atom stereocenters. The van der Waals surface area contributed by atoms with Gasteiger partial charge in [-0.15, -0.1) is 0 Å². The molecule has 3 aliphatic rings. The summed E-state index contributed by atoms with van der Waals surface area (Å²) in [5.74, 6) is -1.61. The van der Waals surface area contributed by atoms with Crippen molar-refractivity contribution in [1.29, 1.82) is 0 Å². The third-order valence-corrected chi connectivity index (χ3v) is 6.75. The standard InChI is InChI=1S/C22H23F2N3O3/c1-30-21(29)22(7-3-2-4-8-22)25-20(28)18-15-10-12-9-14(12)19(15)27(26-18)17-6-5-13(23)11-16(17)24/h5-6,11-12,14H,2-4,7-10H2,1H3,(H,25,28)/t12-,14-/m0/s1. The predicted octanol–water partition coefficient (Wildman–Crippen LogP) is 3.42. The molecule has 1 aromatic carbocycles. The maximum atomic E-state index is 14.5. The molecule has 8 heteroatoms. The lowest BCUT2D eigenvalue weighted by molar-refractivity contribution is -0.149. The normalized spacial score (nSPS) is 23.4. The van der Waals surface area contributed by atoms with E-state index >= 15 is 0 Å². The number of methoxy groups -OCH3 is 1. The number of fused-ring (bicyclic) bond motifs is 3. The Hall–Kier alpha value is -2.77. The van der Waals surface area contributed by atoms with Gasteiger partial charge < -0.3 is 10.1 Å². The second-order valence-corrected chi connectivity index (χ2v) is 8.61. The Labute approximate surface area is 172 Å². The van der Waals surface area contributed by atoms with E-state index in [1.54, 1.807) is 0 Å². The van der Waals surface area contributed by atoms with Crippen LogP contribution in [0, 0.1) is 17.6 Å². The molecular formula is C22H23F2N3O3. The van der Waals surface area contributed by atoms with Crippen molar-refractivity contribution in [3.05, 3.63) is 46.8 Å². The van der Waals surface area contributed by atoms with E-state index in [1.807, 2.05) is 0 Å². The fourth-order valence-corrected chi connectivity index (χ4v) is 5.14. The number of hydrogen-bond donors (Lipinski definition) is 1. The van der Waals surface area contributed by atoms with Gasteiger partial charge in [0.25, 0.3) is 5.91 Å². The van der Waals surface area contributed by atoms with Gasteiger partial charge in [-0.3, -0.25) is 4.79 Å². The van der Waals surface area contributed by atoms with Crippen molar-refractivity contribution in [1.82, 2.24) is 15.1 Å². The summed E-state index contributed by atoms with van der Waals surface area (Å²) in [4.78, 5) is 25.8. The van der Waals surface area contributed by atoms with Gasteiger partial charge in [0.2, 0.25) is 0 Å². The minimum atomic E-state index is -1.05. The first-order valence-electron chi connectivity index (χ1n) is 10.4. The topological polar surface area (TPSA) is 73.2 Å². The minimum absolute atomic E-state index is 0.125. The molecule has 1 N–H and O–H groups in total. The largest absolute Gasteiger partial charge is 0.467 e. The summed E-state index contributed by atoms with van der Waals surface area (Å²) >= 11 is 0. The fraction of sp³-hybridized carbons (Fsp3) is 0.500. The lowest BCUT2D eigenvalue weighted by Crippen LogP contribution is -2.56. The monoisotopic (exact) mass is 415 g/mol. The molecule has 1 aromatic heterocycles. The van der Waals surface area contributed by atoms with Crippen molar-refractivity contribution in [3.63, 3.8) is 0 Å². The van der Waals surface area contributed by atoms with Gasteiger partial charge in [-0.2, -0.15) is 5.10 Å². The molecule has 0 radical (unpaired) electrons. The second-order valence-electron chi connectivity index (χ2n) is 8.61. The van der Waals surface area contributed by atoms with Crippen LogP contribution in [0.1, 0.15) is 66.2 Å². The molecule has 2 saturated carbocycles. The predicted molar refractivity (Wildman–Crippen MR) is 103 cm³/mol. The first-order valence-corrected chi connectivity index (χ1v) is 10.4. The lowest BCUT2D eigenvalue weighted by atomic mass is 9.81. The summed E-state index contributed by atoms with van der Waals surface area (Å²) in [7, 11) is 1.32. The molecule has 2 aromatic rings. The van der Waals surface area contributed by atoms with Crippen molar-refractivity contribution >= 4 is 11.9 Å². The molecule has 0 bridgehead atoms. The number of rotatable bonds is 4. The molecule has 0 unspecified atom stereocenters. The molecule has 1 amide bonds. The van der Waals surface area contributed by atoms with Gasteiger partial charge >= 0.3 is 5.97 Å². The number of esters is 1. The number of ether oxygens (including phenoxy) is 1. The molecule has 2 fully saturated rings. The molecule has 30 heavy (non-hydrogen) atoms. The lowest BCUT2D eigenvalue weighted by Gasteiger charge is -2.35. The van der Waals surface area contributed by atoms with E-state index in [4.69, 9.17) is 4.74 Å². The maximum Gasteiger partial charge on any atom is 0.331 e. The van der Waals surface area contributed by atoms with Crippen molar-refractivity contribution in [2.75, 3.05) is 7.11 Å². The Morgan fingerprint density at radius 3 is 2.70 bits per heavy atom. The second kappa shape index (κ2) is 6.89.